The first-order valence-electron chi connectivity index (χ1n) is 10.8. The molecule has 2 aromatic carbocycles. The molecule has 1 N–H and O–H groups in total. The lowest BCUT2D eigenvalue weighted by molar-refractivity contribution is -0.384. The number of halogens is 1. The minimum absolute atomic E-state index is 0.0959. The Kier molecular flexibility index (Phi) is 7.54. The van der Waals surface area contributed by atoms with Crippen molar-refractivity contribution in [2.75, 3.05) is 31.7 Å². The van der Waals surface area contributed by atoms with Crippen molar-refractivity contribution in [3.63, 3.8) is 0 Å². The summed E-state index contributed by atoms with van der Waals surface area (Å²) in [4.78, 5) is 10.9. The average Bonchev–Trinajstić information content (AvgIpc) is 3.13. The molecule has 2 heterocycles. The molecular weight excluding hydrogens is 585 g/mol. The zero-order valence-electron chi connectivity index (χ0n) is 19.1. The normalized spacial score (nSPS) is 14.9. The summed E-state index contributed by atoms with van der Waals surface area (Å²) in [5, 5.41) is 15.9. The molecule has 0 atom stereocenters. The summed E-state index contributed by atoms with van der Waals surface area (Å²) in [6.45, 7) is 4.97. The maximum atomic E-state index is 12.9. The molecule has 0 bridgehead atoms. The number of hydrazone groups is 1. The molecule has 0 unspecified atom stereocenters. The van der Waals surface area contributed by atoms with Crippen LogP contribution in [0.3, 0.4) is 0 Å². The lowest BCUT2D eigenvalue weighted by Gasteiger charge is -2.26. The van der Waals surface area contributed by atoms with Gasteiger partial charge in [0.1, 0.15) is 5.69 Å². The summed E-state index contributed by atoms with van der Waals surface area (Å²) in [5.74, 6) is 0. The zero-order chi connectivity index (χ0) is 25.2. The van der Waals surface area contributed by atoms with Gasteiger partial charge in [-0.3, -0.25) is 15.5 Å². The Bertz CT molecular complexity index is 1380. The number of aromatic nitrogens is 1. The van der Waals surface area contributed by atoms with Crippen LogP contribution in [0, 0.1) is 27.5 Å². The van der Waals surface area contributed by atoms with E-state index in [1.165, 1.54) is 16.4 Å². The van der Waals surface area contributed by atoms with Crippen molar-refractivity contribution in [3.8, 4) is 5.69 Å². The van der Waals surface area contributed by atoms with Crippen molar-refractivity contribution in [2.24, 2.45) is 5.10 Å². The van der Waals surface area contributed by atoms with Crippen LogP contribution >= 0.6 is 22.6 Å². The van der Waals surface area contributed by atoms with E-state index in [0.29, 0.717) is 13.2 Å². The van der Waals surface area contributed by atoms with Gasteiger partial charge in [0, 0.05) is 45.4 Å². The van der Waals surface area contributed by atoms with Crippen molar-refractivity contribution >= 4 is 50.2 Å². The second-order valence-electron chi connectivity index (χ2n) is 7.96. The summed E-state index contributed by atoms with van der Waals surface area (Å²) in [6.07, 6.45) is 1.59. The Morgan fingerprint density at radius 2 is 1.80 bits per heavy atom. The SMILES string of the molecule is Cc1cc(/C=N\Nc2ccc(S(=O)(=O)N3CCOCC3)cc2[N+](=O)[O-])c(C)n1-c1ccc(I)cc1. The van der Waals surface area contributed by atoms with Crippen molar-refractivity contribution in [2.45, 2.75) is 18.7 Å². The van der Waals surface area contributed by atoms with Gasteiger partial charge < -0.3 is 9.30 Å². The fourth-order valence-corrected chi connectivity index (χ4v) is 5.72. The first-order chi connectivity index (χ1) is 16.7. The van der Waals surface area contributed by atoms with Crippen LogP contribution in [-0.2, 0) is 14.8 Å². The first-order valence-corrected chi connectivity index (χ1v) is 13.3. The summed E-state index contributed by atoms with van der Waals surface area (Å²) < 4.78 is 35.5. The fraction of sp³-hybridized carbons (Fsp3) is 0.261. The Hall–Kier alpha value is -2.81. The quantitative estimate of drug-likeness (QED) is 0.187. The number of hydrogen-bond acceptors (Lipinski definition) is 7. The van der Waals surface area contributed by atoms with Crippen LogP contribution in [-0.4, -0.2) is 54.7 Å². The van der Waals surface area contributed by atoms with Gasteiger partial charge in [0.25, 0.3) is 5.69 Å². The van der Waals surface area contributed by atoms with E-state index in [1.807, 2.05) is 44.2 Å². The molecule has 0 radical (unpaired) electrons. The summed E-state index contributed by atoms with van der Waals surface area (Å²) in [7, 11) is -3.86. The molecule has 10 nitrogen and oxygen atoms in total. The third kappa shape index (κ3) is 5.39. The molecule has 0 aliphatic carbocycles. The number of sulfonamides is 1. The number of rotatable bonds is 7. The lowest BCUT2D eigenvalue weighted by Crippen LogP contribution is -2.40. The molecule has 184 valence electrons. The molecule has 1 aliphatic rings. The first kappa shape index (κ1) is 25.3. The van der Waals surface area contributed by atoms with Crippen molar-refractivity contribution in [1.82, 2.24) is 8.87 Å². The third-order valence-corrected chi connectivity index (χ3v) is 8.33. The molecule has 12 heteroatoms. The molecule has 0 saturated carbocycles. The van der Waals surface area contributed by atoms with E-state index in [4.69, 9.17) is 4.74 Å². The highest BCUT2D eigenvalue weighted by atomic mass is 127. The van der Waals surface area contributed by atoms with Crippen molar-refractivity contribution in [3.05, 3.63) is 79.2 Å². The number of aryl methyl sites for hydroxylation is 1. The van der Waals surface area contributed by atoms with Crippen LogP contribution in [0.1, 0.15) is 17.0 Å². The monoisotopic (exact) mass is 609 g/mol. The molecule has 1 aromatic heterocycles. The largest absolute Gasteiger partial charge is 0.379 e. The van der Waals surface area contributed by atoms with Gasteiger partial charge in [-0.2, -0.15) is 9.41 Å². The maximum Gasteiger partial charge on any atom is 0.295 e. The number of morpholine rings is 1. The minimum Gasteiger partial charge on any atom is -0.379 e. The molecule has 4 rings (SSSR count). The minimum atomic E-state index is -3.86. The second-order valence-corrected chi connectivity index (χ2v) is 11.1. The zero-order valence-corrected chi connectivity index (χ0v) is 22.1. The molecule has 1 aliphatic heterocycles. The fourth-order valence-electron chi connectivity index (χ4n) is 3.93. The predicted octanol–water partition coefficient (Wildman–Crippen LogP) is 4.07. The molecule has 0 spiro atoms. The van der Waals surface area contributed by atoms with Gasteiger partial charge in [0.15, 0.2) is 0 Å². The van der Waals surface area contributed by atoms with Gasteiger partial charge in [-0.15, -0.1) is 0 Å². The number of nitrogens with one attached hydrogen (secondary N) is 1. The van der Waals surface area contributed by atoms with Crippen LogP contribution in [0.2, 0.25) is 0 Å². The molecule has 1 fully saturated rings. The van der Waals surface area contributed by atoms with Gasteiger partial charge in [-0.05, 0) is 78.9 Å². The summed E-state index contributed by atoms with van der Waals surface area (Å²) in [6, 6.07) is 13.9. The summed E-state index contributed by atoms with van der Waals surface area (Å²) in [5.41, 5.74) is 6.28. The van der Waals surface area contributed by atoms with Gasteiger partial charge in [0.05, 0.1) is 29.2 Å². The highest BCUT2D eigenvalue weighted by molar-refractivity contribution is 14.1. The predicted molar refractivity (Wildman–Crippen MR) is 142 cm³/mol. The van der Waals surface area contributed by atoms with Crippen molar-refractivity contribution < 1.29 is 18.1 Å². The van der Waals surface area contributed by atoms with Crippen LogP contribution in [0.4, 0.5) is 11.4 Å². The molecule has 0 amide bonds. The van der Waals surface area contributed by atoms with E-state index in [0.717, 1.165) is 32.3 Å². The molecule has 1 saturated heterocycles. The van der Waals surface area contributed by atoms with Crippen LogP contribution < -0.4 is 5.43 Å². The Morgan fingerprint density at radius 1 is 1.11 bits per heavy atom. The molecule has 3 aromatic rings. The number of anilines is 1. The maximum absolute atomic E-state index is 12.9. The Labute approximate surface area is 216 Å². The Balaban J connectivity index is 1.57. The van der Waals surface area contributed by atoms with Crippen LogP contribution in [0.15, 0.2) is 58.5 Å². The number of nitro groups is 1. The number of ether oxygens (including phenoxy) is 1. The van der Waals surface area contributed by atoms with Gasteiger partial charge in [-0.1, -0.05) is 0 Å². The highest BCUT2D eigenvalue weighted by Gasteiger charge is 2.28. The van der Waals surface area contributed by atoms with Crippen LogP contribution in [0.5, 0.6) is 0 Å². The number of hydrogen-bond donors (Lipinski definition) is 1. The van der Waals surface area contributed by atoms with E-state index < -0.39 is 14.9 Å². The number of nitrogens with zero attached hydrogens (tertiary/aromatic N) is 4. The molecule has 35 heavy (non-hydrogen) atoms. The average molecular weight is 609 g/mol. The number of benzene rings is 2. The summed E-state index contributed by atoms with van der Waals surface area (Å²) >= 11 is 2.26. The van der Waals surface area contributed by atoms with Crippen molar-refractivity contribution in [1.29, 1.82) is 0 Å². The van der Waals surface area contributed by atoms with Gasteiger partial charge in [0.2, 0.25) is 10.0 Å². The highest BCUT2D eigenvalue weighted by Crippen LogP contribution is 2.29. The lowest BCUT2D eigenvalue weighted by atomic mass is 10.2. The third-order valence-electron chi connectivity index (χ3n) is 5.72. The second kappa shape index (κ2) is 10.4. The van der Waals surface area contributed by atoms with Gasteiger partial charge >= 0.3 is 0 Å². The number of nitro benzene ring substituents is 1. The van der Waals surface area contributed by atoms with E-state index >= 15 is 0 Å². The smallest absolute Gasteiger partial charge is 0.295 e. The van der Waals surface area contributed by atoms with E-state index in [2.05, 4.69) is 37.7 Å². The van der Waals surface area contributed by atoms with E-state index in [1.54, 1.807) is 6.21 Å². The topological polar surface area (TPSA) is 119 Å². The standard InChI is InChI=1S/C23H24IN5O5S/c1-16-13-18(17(2)28(16)20-5-3-19(24)4-6-20)15-25-26-22-8-7-21(14-23(22)29(30)31)35(32,33)27-9-11-34-12-10-27/h3-8,13-15,26H,9-12H2,1-2H3/b25-15-. The van der Waals surface area contributed by atoms with E-state index in [-0.39, 0.29) is 29.4 Å². The van der Waals surface area contributed by atoms with E-state index in [9.17, 15) is 18.5 Å². The van der Waals surface area contributed by atoms with Crippen LogP contribution in [0.25, 0.3) is 5.69 Å². The van der Waals surface area contributed by atoms with Gasteiger partial charge in [-0.25, -0.2) is 8.42 Å². The molecular formula is C23H24IN5O5S. The Morgan fingerprint density at radius 3 is 2.46 bits per heavy atom.